The zero-order valence-corrected chi connectivity index (χ0v) is 15.6. The SMILES string of the molecule is CN(C)C1C[C@@H]2CC(N(C)Cc3ccc4c(ccn4C)c3)C[C@@H]2C1. The predicted octanol–water partition coefficient (Wildman–Crippen LogP) is 3.73. The van der Waals surface area contributed by atoms with Crippen molar-refractivity contribution in [2.75, 3.05) is 21.1 Å². The van der Waals surface area contributed by atoms with E-state index in [2.05, 4.69) is 73.0 Å². The van der Waals surface area contributed by atoms with Crippen molar-refractivity contribution < 1.29 is 0 Å². The second-order valence-electron chi connectivity index (χ2n) is 8.47. The molecule has 0 saturated heterocycles. The van der Waals surface area contributed by atoms with E-state index in [0.29, 0.717) is 0 Å². The van der Waals surface area contributed by atoms with E-state index in [-0.39, 0.29) is 0 Å². The van der Waals surface area contributed by atoms with Crippen LogP contribution in [0.2, 0.25) is 0 Å². The van der Waals surface area contributed by atoms with Gasteiger partial charge in [0.1, 0.15) is 0 Å². The number of hydrogen-bond acceptors (Lipinski definition) is 2. The minimum absolute atomic E-state index is 0.773. The fourth-order valence-electron chi connectivity index (χ4n) is 5.18. The van der Waals surface area contributed by atoms with E-state index in [9.17, 15) is 0 Å². The van der Waals surface area contributed by atoms with Crippen LogP contribution in [0.3, 0.4) is 0 Å². The molecule has 2 saturated carbocycles. The van der Waals surface area contributed by atoms with Crippen molar-refractivity contribution in [1.82, 2.24) is 14.4 Å². The van der Waals surface area contributed by atoms with Crippen LogP contribution < -0.4 is 0 Å². The largest absolute Gasteiger partial charge is 0.351 e. The van der Waals surface area contributed by atoms with Crippen LogP contribution in [0.25, 0.3) is 10.9 Å². The molecule has 0 aliphatic heterocycles. The lowest BCUT2D eigenvalue weighted by Crippen LogP contribution is -2.31. The van der Waals surface area contributed by atoms with Gasteiger partial charge in [0, 0.05) is 37.4 Å². The summed E-state index contributed by atoms with van der Waals surface area (Å²) < 4.78 is 2.20. The number of nitrogens with zero attached hydrogens (tertiary/aromatic N) is 3. The van der Waals surface area contributed by atoms with E-state index < -0.39 is 0 Å². The molecule has 1 heterocycles. The van der Waals surface area contributed by atoms with Gasteiger partial charge in [-0.25, -0.2) is 0 Å². The fraction of sp³-hybridized carbons (Fsp3) is 0.619. The summed E-state index contributed by atoms with van der Waals surface area (Å²) in [7, 11) is 8.93. The monoisotopic (exact) mass is 325 g/mol. The molecule has 2 aliphatic rings. The molecule has 4 rings (SSSR count). The molecule has 1 aromatic heterocycles. The first-order chi connectivity index (χ1) is 11.5. The lowest BCUT2D eigenvalue weighted by atomic mass is 10.0. The molecule has 0 bridgehead atoms. The molecule has 0 N–H and O–H groups in total. The molecule has 1 aromatic carbocycles. The number of benzene rings is 1. The number of aryl methyl sites for hydroxylation is 1. The maximum Gasteiger partial charge on any atom is 0.0477 e. The highest BCUT2D eigenvalue weighted by Crippen LogP contribution is 2.46. The first kappa shape index (κ1) is 16.2. The van der Waals surface area contributed by atoms with Crippen LogP contribution in [0.4, 0.5) is 0 Å². The molecule has 3 heteroatoms. The van der Waals surface area contributed by atoms with E-state index in [4.69, 9.17) is 0 Å². The Morgan fingerprint density at radius 3 is 2.29 bits per heavy atom. The molecule has 4 atom stereocenters. The van der Waals surface area contributed by atoms with Gasteiger partial charge in [-0.15, -0.1) is 0 Å². The third-order valence-electron chi connectivity index (χ3n) is 6.70. The average molecular weight is 326 g/mol. The molecule has 0 spiro atoms. The Balaban J connectivity index is 1.39. The minimum Gasteiger partial charge on any atom is -0.351 e. The van der Waals surface area contributed by atoms with Crippen LogP contribution >= 0.6 is 0 Å². The summed E-state index contributed by atoms with van der Waals surface area (Å²) in [5, 5.41) is 1.36. The van der Waals surface area contributed by atoms with Gasteiger partial charge in [0.05, 0.1) is 0 Å². The number of hydrogen-bond donors (Lipinski definition) is 0. The van der Waals surface area contributed by atoms with Gasteiger partial charge < -0.3 is 9.47 Å². The van der Waals surface area contributed by atoms with E-state index in [1.807, 2.05) is 0 Å². The zero-order chi connectivity index (χ0) is 16.8. The van der Waals surface area contributed by atoms with E-state index >= 15 is 0 Å². The van der Waals surface area contributed by atoms with Gasteiger partial charge in [0.2, 0.25) is 0 Å². The van der Waals surface area contributed by atoms with E-state index in [0.717, 1.165) is 30.5 Å². The second-order valence-corrected chi connectivity index (χ2v) is 8.47. The average Bonchev–Trinajstić information content (AvgIpc) is 3.20. The lowest BCUT2D eigenvalue weighted by Gasteiger charge is -2.27. The van der Waals surface area contributed by atoms with Crippen molar-refractivity contribution >= 4 is 10.9 Å². The van der Waals surface area contributed by atoms with Crippen molar-refractivity contribution in [3.8, 4) is 0 Å². The minimum atomic E-state index is 0.773. The topological polar surface area (TPSA) is 11.4 Å². The molecular weight excluding hydrogens is 294 g/mol. The Labute approximate surface area is 146 Å². The second kappa shape index (κ2) is 6.20. The standard InChI is InChI=1S/C21H31N3/c1-22(2)19-10-17-12-20(13-18(17)11-19)24(4)14-15-5-6-21-16(9-15)7-8-23(21)3/h5-9,17-20H,10-14H2,1-4H3/t17-,18+,19?,20?. The molecule has 3 nitrogen and oxygen atoms in total. The molecule has 130 valence electrons. The normalized spacial score (nSPS) is 29.9. The van der Waals surface area contributed by atoms with Crippen LogP contribution in [0, 0.1) is 11.8 Å². The highest BCUT2D eigenvalue weighted by Gasteiger charge is 2.43. The maximum absolute atomic E-state index is 2.60. The summed E-state index contributed by atoms with van der Waals surface area (Å²) in [5.41, 5.74) is 2.77. The van der Waals surface area contributed by atoms with Crippen molar-refractivity contribution in [2.45, 2.75) is 44.3 Å². The van der Waals surface area contributed by atoms with Gasteiger partial charge in [0.25, 0.3) is 0 Å². The summed E-state index contributed by atoms with van der Waals surface area (Å²) in [6.45, 7) is 1.08. The molecule has 0 amide bonds. The van der Waals surface area contributed by atoms with Gasteiger partial charge >= 0.3 is 0 Å². The third kappa shape index (κ3) is 2.89. The van der Waals surface area contributed by atoms with Crippen LogP contribution in [0.5, 0.6) is 0 Å². The maximum atomic E-state index is 2.60. The highest BCUT2D eigenvalue weighted by molar-refractivity contribution is 5.80. The van der Waals surface area contributed by atoms with Crippen molar-refractivity contribution in [2.24, 2.45) is 18.9 Å². The smallest absolute Gasteiger partial charge is 0.0477 e. The molecule has 2 aliphatic carbocycles. The van der Waals surface area contributed by atoms with Gasteiger partial charge in [-0.2, -0.15) is 0 Å². The number of rotatable bonds is 4. The number of aromatic nitrogens is 1. The molecule has 0 radical (unpaired) electrons. The molecule has 2 aromatic rings. The van der Waals surface area contributed by atoms with Crippen molar-refractivity contribution in [3.63, 3.8) is 0 Å². The van der Waals surface area contributed by atoms with Crippen LogP contribution in [-0.2, 0) is 13.6 Å². The Morgan fingerprint density at radius 2 is 1.62 bits per heavy atom. The van der Waals surface area contributed by atoms with Gasteiger partial charge in [0.15, 0.2) is 0 Å². The number of fused-ring (bicyclic) bond motifs is 2. The molecule has 24 heavy (non-hydrogen) atoms. The van der Waals surface area contributed by atoms with Gasteiger partial charge in [-0.1, -0.05) is 6.07 Å². The Morgan fingerprint density at radius 1 is 0.958 bits per heavy atom. The van der Waals surface area contributed by atoms with E-state index in [1.165, 1.54) is 42.1 Å². The lowest BCUT2D eigenvalue weighted by molar-refractivity contribution is 0.212. The van der Waals surface area contributed by atoms with Crippen LogP contribution in [0.1, 0.15) is 31.2 Å². The van der Waals surface area contributed by atoms with E-state index in [1.54, 1.807) is 0 Å². The fourth-order valence-corrected chi connectivity index (χ4v) is 5.18. The summed E-state index contributed by atoms with van der Waals surface area (Å²) in [6.07, 6.45) is 7.78. The van der Waals surface area contributed by atoms with Crippen molar-refractivity contribution in [1.29, 1.82) is 0 Å². The van der Waals surface area contributed by atoms with Crippen LogP contribution in [0.15, 0.2) is 30.5 Å². The first-order valence-corrected chi connectivity index (χ1v) is 9.42. The third-order valence-corrected chi connectivity index (χ3v) is 6.70. The van der Waals surface area contributed by atoms with Gasteiger partial charge in [-0.05, 0) is 87.8 Å². The molecular formula is C21H31N3. The Bertz CT molecular complexity index is 703. The highest BCUT2D eigenvalue weighted by atomic mass is 15.1. The summed E-state index contributed by atoms with van der Waals surface area (Å²) in [5.74, 6) is 1.92. The summed E-state index contributed by atoms with van der Waals surface area (Å²) in [6, 6.07) is 10.8. The quantitative estimate of drug-likeness (QED) is 0.848. The first-order valence-electron chi connectivity index (χ1n) is 9.42. The van der Waals surface area contributed by atoms with Crippen molar-refractivity contribution in [3.05, 3.63) is 36.0 Å². The molecule has 2 unspecified atom stereocenters. The summed E-state index contributed by atoms with van der Waals surface area (Å²) in [4.78, 5) is 5.04. The van der Waals surface area contributed by atoms with Gasteiger partial charge in [-0.3, -0.25) is 4.90 Å². The Kier molecular flexibility index (Phi) is 4.17. The summed E-state index contributed by atoms with van der Waals surface area (Å²) >= 11 is 0. The molecule has 2 fully saturated rings. The Hall–Kier alpha value is -1.32. The van der Waals surface area contributed by atoms with Crippen LogP contribution in [-0.4, -0.2) is 47.6 Å². The zero-order valence-electron chi connectivity index (χ0n) is 15.6. The predicted molar refractivity (Wildman–Crippen MR) is 101 cm³/mol.